The Morgan fingerprint density at radius 3 is 1.87 bits per heavy atom. The average Bonchev–Trinajstić information content (AvgIpc) is 2.58. The van der Waals surface area contributed by atoms with Crippen LogP contribution in [-0.4, -0.2) is 25.8 Å². The summed E-state index contributed by atoms with van der Waals surface area (Å²) in [6.07, 6.45) is 0. The molecule has 0 fully saturated rings. The van der Waals surface area contributed by atoms with Crippen molar-refractivity contribution in [3.8, 4) is 11.5 Å². The minimum Gasteiger partial charge on any atom is -0.496 e. The third-order valence-corrected chi connectivity index (χ3v) is 4.82. The van der Waals surface area contributed by atoms with Crippen LogP contribution in [0.2, 0.25) is 5.02 Å². The van der Waals surface area contributed by atoms with E-state index in [0.29, 0.717) is 27.8 Å². The van der Waals surface area contributed by atoms with E-state index in [0.717, 1.165) is 0 Å². The van der Waals surface area contributed by atoms with Gasteiger partial charge in [-0.1, -0.05) is 51.8 Å². The van der Waals surface area contributed by atoms with E-state index in [9.17, 15) is 9.59 Å². The van der Waals surface area contributed by atoms with Gasteiger partial charge < -0.3 is 9.47 Å². The Kier molecular flexibility index (Phi) is 4.17. The van der Waals surface area contributed by atoms with Crippen LogP contribution < -0.4 is 9.47 Å². The zero-order valence-electron chi connectivity index (χ0n) is 12.4. The van der Waals surface area contributed by atoms with Gasteiger partial charge in [0, 0.05) is 22.0 Å². The van der Waals surface area contributed by atoms with E-state index >= 15 is 0 Å². The summed E-state index contributed by atoms with van der Waals surface area (Å²) in [5.74, 6) is -0.0714. The second kappa shape index (κ2) is 5.98. The summed E-state index contributed by atoms with van der Waals surface area (Å²) >= 11 is 9.71. The maximum Gasteiger partial charge on any atom is 0.198 e. The van der Waals surface area contributed by atoms with Gasteiger partial charge >= 0.3 is 0 Å². The fourth-order valence-corrected chi connectivity index (χ4v) is 3.86. The van der Waals surface area contributed by atoms with Crippen LogP contribution in [0.25, 0.3) is 0 Å². The number of methoxy groups -OCH3 is 2. The van der Waals surface area contributed by atoms with Crippen molar-refractivity contribution in [2.24, 2.45) is 0 Å². The Morgan fingerprint density at radius 1 is 0.957 bits per heavy atom. The third-order valence-electron chi connectivity index (χ3n) is 3.85. The molecule has 0 aliphatic heterocycles. The number of carbonyl (C=O) groups excluding carboxylic acids is 2. The first-order valence-electron chi connectivity index (χ1n) is 6.77. The smallest absolute Gasteiger partial charge is 0.198 e. The SMILES string of the molecule is COc1c(Cl)c(CBr)c(OC)c2c1C(=O)c1ccccc1C2=O. The summed E-state index contributed by atoms with van der Waals surface area (Å²) in [6.45, 7) is 0. The van der Waals surface area contributed by atoms with Crippen LogP contribution in [-0.2, 0) is 5.33 Å². The number of carbonyl (C=O) groups is 2. The molecule has 6 heteroatoms. The fraction of sp³-hybridized carbons (Fsp3) is 0.176. The zero-order valence-corrected chi connectivity index (χ0v) is 14.7. The van der Waals surface area contributed by atoms with Crippen molar-refractivity contribution in [2.75, 3.05) is 14.2 Å². The van der Waals surface area contributed by atoms with Gasteiger partial charge in [0.1, 0.15) is 11.5 Å². The van der Waals surface area contributed by atoms with Crippen molar-refractivity contribution in [3.05, 3.63) is 57.1 Å². The molecule has 1 aliphatic rings. The molecular weight excluding hydrogens is 384 g/mol. The van der Waals surface area contributed by atoms with E-state index in [2.05, 4.69) is 15.9 Å². The van der Waals surface area contributed by atoms with E-state index in [4.69, 9.17) is 21.1 Å². The maximum absolute atomic E-state index is 12.9. The fourth-order valence-electron chi connectivity index (χ4n) is 2.84. The van der Waals surface area contributed by atoms with Crippen LogP contribution in [0.5, 0.6) is 11.5 Å². The molecule has 0 aromatic heterocycles. The van der Waals surface area contributed by atoms with Crippen LogP contribution in [0, 0.1) is 0 Å². The minimum absolute atomic E-state index is 0.155. The predicted octanol–water partition coefficient (Wildman–Crippen LogP) is 4.03. The predicted molar refractivity (Wildman–Crippen MR) is 90.5 cm³/mol. The molecule has 0 saturated carbocycles. The van der Waals surface area contributed by atoms with Gasteiger partial charge in [-0.2, -0.15) is 0 Å². The lowest BCUT2D eigenvalue weighted by Gasteiger charge is -2.24. The molecule has 0 bridgehead atoms. The van der Waals surface area contributed by atoms with Gasteiger partial charge in [0.05, 0.1) is 30.4 Å². The summed E-state index contributed by atoms with van der Waals surface area (Å²) in [7, 11) is 2.87. The Labute approximate surface area is 146 Å². The van der Waals surface area contributed by atoms with Crippen molar-refractivity contribution < 1.29 is 19.1 Å². The van der Waals surface area contributed by atoms with Gasteiger partial charge in [0.25, 0.3) is 0 Å². The summed E-state index contributed by atoms with van der Waals surface area (Å²) in [6, 6.07) is 6.69. The van der Waals surface area contributed by atoms with Gasteiger partial charge in [-0.3, -0.25) is 9.59 Å². The molecular formula is C17H12BrClO4. The Hall–Kier alpha value is -1.85. The molecule has 2 aromatic carbocycles. The zero-order chi connectivity index (χ0) is 16.7. The first kappa shape index (κ1) is 16.0. The van der Waals surface area contributed by atoms with Gasteiger partial charge in [0.15, 0.2) is 11.6 Å². The Balaban J connectivity index is 2.46. The number of ether oxygens (including phenoxy) is 2. The van der Waals surface area contributed by atoms with E-state index in [1.54, 1.807) is 24.3 Å². The van der Waals surface area contributed by atoms with E-state index in [-0.39, 0.29) is 33.5 Å². The second-order valence-corrected chi connectivity index (χ2v) is 5.89. The summed E-state index contributed by atoms with van der Waals surface area (Å²) in [5.41, 5.74) is 1.63. The topological polar surface area (TPSA) is 52.6 Å². The molecule has 0 N–H and O–H groups in total. The first-order valence-corrected chi connectivity index (χ1v) is 8.27. The van der Waals surface area contributed by atoms with Crippen LogP contribution in [0.15, 0.2) is 24.3 Å². The molecule has 0 spiro atoms. The molecule has 118 valence electrons. The van der Waals surface area contributed by atoms with Gasteiger partial charge in [-0.15, -0.1) is 0 Å². The maximum atomic E-state index is 12.9. The van der Waals surface area contributed by atoms with Crippen LogP contribution in [0.1, 0.15) is 37.4 Å². The molecule has 0 heterocycles. The van der Waals surface area contributed by atoms with Gasteiger partial charge in [-0.05, 0) is 0 Å². The number of halogens is 2. The molecule has 3 rings (SSSR count). The molecule has 23 heavy (non-hydrogen) atoms. The number of hydrogen-bond donors (Lipinski definition) is 0. The normalized spacial score (nSPS) is 12.7. The lowest BCUT2D eigenvalue weighted by atomic mass is 9.82. The molecule has 0 radical (unpaired) electrons. The Bertz CT molecular complexity index is 845. The number of hydrogen-bond acceptors (Lipinski definition) is 4. The Morgan fingerprint density at radius 2 is 1.43 bits per heavy atom. The standard InChI is InChI=1S/C17H12BrClO4/c1-22-16-10(7-18)13(19)17(23-2)12-11(16)14(20)8-5-3-4-6-9(8)15(12)21/h3-6H,7H2,1-2H3. The first-order chi connectivity index (χ1) is 11.1. The second-order valence-electron chi connectivity index (χ2n) is 4.95. The average molecular weight is 396 g/mol. The summed E-state index contributed by atoms with van der Waals surface area (Å²) in [5, 5.41) is 0.627. The number of ketones is 2. The highest BCUT2D eigenvalue weighted by molar-refractivity contribution is 9.08. The molecule has 0 saturated heterocycles. The van der Waals surface area contributed by atoms with E-state index in [1.165, 1.54) is 14.2 Å². The van der Waals surface area contributed by atoms with Crippen molar-refractivity contribution in [1.82, 2.24) is 0 Å². The van der Waals surface area contributed by atoms with Crippen LogP contribution in [0.3, 0.4) is 0 Å². The van der Waals surface area contributed by atoms with Gasteiger partial charge in [0.2, 0.25) is 0 Å². The molecule has 2 aromatic rings. The highest BCUT2D eigenvalue weighted by Crippen LogP contribution is 2.46. The molecule has 0 atom stereocenters. The number of alkyl halides is 1. The molecule has 0 amide bonds. The van der Waals surface area contributed by atoms with Crippen LogP contribution in [0.4, 0.5) is 0 Å². The largest absolute Gasteiger partial charge is 0.496 e. The van der Waals surface area contributed by atoms with Gasteiger partial charge in [-0.25, -0.2) is 0 Å². The van der Waals surface area contributed by atoms with Crippen molar-refractivity contribution in [3.63, 3.8) is 0 Å². The highest BCUT2D eigenvalue weighted by Gasteiger charge is 2.38. The highest BCUT2D eigenvalue weighted by atomic mass is 79.9. The minimum atomic E-state index is -0.298. The molecule has 4 nitrogen and oxygen atoms in total. The summed E-state index contributed by atoms with van der Waals surface area (Å²) in [4.78, 5) is 25.8. The monoisotopic (exact) mass is 394 g/mol. The third kappa shape index (κ3) is 2.18. The quantitative estimate of drug-likeness (QED) is 0.628. The lowest BCUT2D eigenvalue weighted by Crippen LogP contribution is -2.23. The summed E-state index contributed by atoms with van der Waals surface area (Å²) < 4.78 is 10.7. The van der Waals surface area contributed by atoms with Crippen LogP contribution >= 0.6 is 27.5 Å². The molecule has 0 unspecified atom stereocenters. The van der Waals surface area contributed by atoms with Crippen molar-refractivity contribution in [1.29, 1.82) is 0 Å². The van der Waals surface area contributed by atoms with Crippen molar-refractivity contribution >= 4 is 39.1 Å². The lowest BCUT2D eigenvalue weighted by molar-refractivity contribution is 0.0973. The molecule has 1 aliphatic carbocycles. The number of benzene rings is 2. The number of fused-ring (bicyclic) bond motifs is 2. The number of rotatable bonds is 3. The van der Waals surface area contributed by atoms with Crippen molar-refractivity contribution in [2.45, 2.75) is 5.33 Å². The van der Waals surface area contributed by atoms with E-state index < -0.39 is 0 Å². The van der Waals surface area contributed by atoms with E-state index in [1.807, 2.05) is 0 Å².